The third-order valence-electron chi connectivity index (χ3n) is 3.77. The largest absolute Gasteiger partial charge is 0.383 e. The maximum atomic E-state index is 5.86. The lowest BCUT2D eigenvalue weighted by molar-refractivity contribution is 0.166. The zero-order chi connectivity index (χ0) is 14.1. The highest BCUT2D eigenvalue weighted by atomic mass is 15.2. The number of hydrogen-bond acceptors (Lipinski definition) is 5. The molecule has 2 atom stereocenters. The summed E-state index contributed by atoms with van der Waals surface area (Å²) in [5, 5.41) is 4.48. The van der Waals surface area contributed by atoms with E-state index in [1.54, 1.807) is 0 Å². The second kappa shape index (κ2) is 5.34. The van der Waals surface area contributed by atoms with Gasteiger partial charge < -0.3 is 11.1 Å². The zero-order valence-corrected chi connectivity index (χ0v) is 12.0. The van der Waals surface area contributed by atoms with Gasteiger partial charge in [0, 0.05) is 37.1 Å². The first-order valence-corrected chi connectivity index (χ1v) is 7.09. The molecule has 0 bridgehead atoms. The van der Waals surface area contributed by atoms with E-state index in [1.165, 1.54) is 11.9 Å². The molecule has 5 heteroatoms. The van der Waals surface area contributed by atoms with Gasteiger partial charge in [0.1, 0.15) is 12.1 Å². The van der Waals surface area contributed by atoms with E-state index in [1.807, 2.05) is 6.07 Å². The smallest absolute Gasteiger partial charge is 0.134 e. The van der Waals surface area contributed by atoms with Gasteiger partial charge in [-0.05, 0) is 31.5 Å². The van der Waals surface area contributed by atoms with Crippen LogP contribution in [0.3, 0.4) is 0 Å². The van der Waals surface area contributed by atoms with Crippen LogP contribution in [-0.4, -0.2) is 40.0 Å². The second-order valence-electron chi connectivity index (χ2n) is 5.77. The molecule has 20 heavy (non-hydrogen) atoms. The van der Waals surface area contributed by atoms with E-state index in [0.29, 0.717) is 17.9 Å². The van der Waals surface area contributed by atoms with Gasteiger partial charge in [0.15, 0.2) is 0 Å². The molecule has 5 nitrogen and oxygen atoms in total. The van der Waals surface area contributed by atoms with Crippen LogP contribution >= 0.6 is 0 Å². The van der Waals surface area contributed by atoms with Crippen LogP contribution in [-0.2, 0) is 6.54 Å². The van der Waals surface area contributed by atoms with E-state index >= 15 is 0 Å². The van der Waals surface area contributed by atoms with Gasteiger partial charge in [-0.3, -0.25) is 4.90 Å². The van der Waals surface area contributed by atoms with Gasteiger partial charge in [0.2, 0.25) is 0 Å². The van der Waals surface area contributed by atoms with Gasteiger partial charge in [0.05, 0.1) is 5.52 Å². The molecular weight excluding hydrogens is 250 g/mol. The molecule has 1 saturated heterocycles. The number of aromatic nitrogens is 2. The number of piperazine rings is 1. The molecule has 1 aromatic heterocycles. The minimum atomic E-state index is 0.539. The van der Waals surface area contributed by atoms with Crippen LogP contribution in [0.15, 0.2) is 24.5 Å². The van der Waals surface area contributed by atoms with Crippen molar-refractivity contribution in [2.24, 2.45) is 0 Å². The van der Waals surface area contributed by atoms with E-state index in [4.69, 9.17) is 5.73 Å². The van der Waals surface area contributed by atoms with Crippen LogP contribution < -0.4 is 11.1 Å². The molecule has 0 amide bonds. The maximum absolute atomic E-state index is 5.86. The van der Waals surface area contributed by atoms with Crippen molar-refractivity contribution in [2.75, 3.05) is 18.8 Å². The topological polar surface area (TPSA) is 67.1 Å². The minimum Gasteiger partial charge on any atom is -0.383 e. The number of hydrogen-bond donors (Lipinski definition) is 2. The van der Waals surface area contributed by atoms with E-state index in [-0.39, 0.29) is 0 Å². The predicted octanol–water partition coefficient (Wildman–Crippen LogP) is 1.39. The Morgan fingerprint density at radius 1 is 1.25 bits per heavy atom. The van der Waals surface area contributed by atoms with E-state index in [2.05, 4.69) is 46.2 Å². The number of fused-ring (bicyclic) bond motifs is 1. The molecule has 0 aliphatic carbocycles. The van der Waals surface area contributed by atoms with Gasteiger partial charge in [-0.2, -0.15) is 0 Å². The van der Waals surface area contributed by atoms with E-state index < -0.39 is 0 Å². The normalized spacial score (nSPS) is 24.1. The summed E-state index contributed by atoms with van der Waals surface area (Å²) in [5.41, 5.74) is 8.05. The monoisotopic (exact) mass is 271 g/mol. The highest BCUT2D eigenvalue weighted by Gasteiger charge is 2.20. The number of nitrogens with zero attached hydrogens (tertiary/aromatic N) is 3. The second-order valence-corrected chi connectivity index (χ2v) is 5.77. The van der Waals surface area contributed by atoms with Gasteiger partial charge in [-0.1, -0.05) is 6.07 Å². The standard InChI is InChI=1S/C15H21N5/c1-10-6-20(7-11(2)19-10)8-12-3-4-13-14(5-12)17-9-18-15(13)16/h3-5,9-11,19H,6-8H2,1-2H3,(H2,16,17,18)/t10-,11-/m0/s1. The fraction of sp³-hybridized carbons (Fsp3) is 0.467. The molecule has 0 spiro atoms. The van der Waals surface area contributed by atoms with Gasteiger partial charge in [0.25, 0.3) is 0 Å². The molecule has 2 heterocycles. The van der Waals surface area contributed by atoms with Gasteiger partial charge in [-0.25, -0.2) is 9.97 Å². The summed E-state index contributed by atoms with van der Waals surface area (Å²) in [4.78, 5) is 10.8. The Bertz CT molecular complexity index is 602. The van der Waals surface area contributed by atoms with E-state index in [9.17, 15) is 0 Å². The summed E-state index contributed by atoms with van der Waals surface area (Å²) >= 11 is 0. The average molecular weight is 271 g/mol. The first kappa shape index (κ1) is 13.3. The van der Waals surface area contributed by atoms with Gasteiger partial charge >= 0.3 is 0 Å². The Morgan fingerprint density at radius 2 is 2.00 bits per heavy atom. The van der Waals surface area contributed by atoms with Crippen molar-refractivity contribution < 1.29 is 0 Å². The number of nitrogens with one attached hydrogen (secondary N) is 1. The van der Waals surface area contributed by atoms with Crippen LogP contribution in [0.5, 0.6) is 0 Å². The highest BCUT2D eigenvalue weighted by Crippen LogP contribution is 2.19. The van der Waals surface area contributed by atoms with Crippen LogP contribution in [0.2, 0.25) is 0 Å². The number of rotatable bonds is 2. The quantitative estimate of drug-likeness (QED) is 0.864. The molecule has 2 aromatic rings. The van der Waals surface area contributed by atoms with Crippen molar-refractivity contribution in [3.05, 3.63) is 30.1 Å². The lowest BCUT2D eigenvalue weighted by Crippen LogP contribution is -2.53. The minimum absolute atomic E-state index is 0.539. The first-order chi connectivity index (χ1) is 9.61. The zero-order valence-electron chi connectivity index (χ0n) is 12.0. The van der Waals surface area contributed by atoms with Crippen LogP contribution in [0.25, 0.3) is 10.9 Å². The van der Waals surface area contributed by atoms with Crippen molar-refractivity contribution in [1.82, 2.24) is 20.2 Å². The SMILES string of the molecule is C[C@H]1CN(Cc2ccc3c(N)ncnc3c2)C[C@H](C)N1. The highest BCUT2D eigenvalue weighted by molar-refractivity contribution is 5.87. The van der Waals surface area contributed by atoms with Crippen LogP contribution in [0.1, 0.15) is 19.4 Å². The average Bonchev–Trinajstić information content (AvgIpc) is 2.37. The fourth-order valence-electron chi connectivity index (χ4n) is 3.05. The maximum Gasteiger partial charge on any atom is 0.134 e. The Morgan fingerprint density at radius 3 is 2.75 bits per heavy atom. The van der Waals surface area contributed by atoms with Crippen LogP contribution in [0, 0.1) is 0 Å². The third kappa shape index (κ3) is 2.73. The number of nitrogens with two attached hydrogens (primary N) is 1. The molecule has 0 radical (unpaired) electrons. The molecule has 1 fully saturated rings. The fourth-order valence-corrected chi connectivity index (χ4v) is 3.05. The van der Waals surface area contributed by atoms with Crippen molar-refractivity contribution >= 4 is 16.7 Å². The summed E-state index contributed by atoms with van der Waals surface area (Å²) in [7, 11) is 0. The summed E-state index contributed by atoms with van der Waals surface area (Å²) in [6, 6.07) is 7.34. The molecule has 0 saturated carbocycles. The summed E-state index contributed by atoms with van der Waals surface area (Å²) < 4.78 is 0. The van der Waals surface area contributed by atoms with Gasteiger partial charge in [-0.15, -0.1) is 0 Å². The molecule has 1 aromatic carbocycles. The summed E-state index contributed by atoms with van der Waals surface area (Å²) in [6.07, 6.45) is 1.52. The predicted molar refractivity (Wildman–Crippen MR) is 81.3 cm³/mol. The Kier molecular flexibility index (Phi) is 3.54. The molecule has 0 unspecified atom stereocenters. The Balaban J connectivity index is 1.81. The lowest BCUT2D eigenvalue weighted by Gasteiger charge is -2.36. The van der Waals surface area contributed by atoms with Crippen molar-refractivity contribution in [3.8, 4) is 0 Å². The third-order valence-corrected chi connectivity index (χ3v) is 3.77. The molecule has 1 aliphatic heterocycles. The molecule has 3 rings (SSSR count). The molecule has 3 N–H and O–H groups in total. The number of nitrogen functional groups attached to an aromatic ring is 1. The van der Waals surface area contributed by atoms with Crippen molar-refractivity contribution in [1.29, 1.82) is 0 Å². The molecule has 106 valence electrons. The van der Waals surface area contributed by atoms with Crippen molar-refractivity contribution in [2.45, 2.75) is 32.5 Å². The summed E-state index contributed by atoms with van der Waals surface area (Å²) in [6.45, 7) is 7.58. The first-order valence-electron chi connectivity index (χ1n) is 7.09. The van der Waals surface area contributed by atoms with E-state index in [0.717, 1.165) is 30.5 Å². The number of anilines is 1. The lowest BCUT2D eigenvalue weighted by atomic mass is 10.1. The van der Waals surface area contributed by atoms with Crippen LogP contribution in [0.4, 0.5) is 5.82 Å². The molecule has 1 aliphatic rings. The number of benzene rings is 1. The summed E-state index contributed by atoms with van der Waals surface area (Å²) in [5.74, 6) is 0.547. The Hall–Kier alpha value is -1.72. The van der Waals surface area contributed by atoms with Crippen molar-refractivity contribution in [3.63, 3.8) is 0 Å². The molecular formula is C15H21N5. The Labute approximate surface area is 119 Å².